The maximum atomic E-state index is 12.8. The number of amides is 1. The summed E-state index contributed by atoms with van der Waals surface area (Å²) >= 11 is 0. The molecule has 3 heteroatoms. The molecule has 0 heterocycles. The van der Waals surface area contributed by atoms with Gasteiger partial charge in [0, 0.05) is 12.1 Å². The van der Waals surface area contributed by atoms with E-state index in [4.69, 9.17) is 4.74 Å². The third-order valence-electron chi connectivity index (χ3n) is 4.52. The molecule has 0 bridgehead atoms. The van der Waals surface area contributed by atoms with Gasteiger partial charge in [0.2, 0.25) is 0 Å². The molecule has 3 aromatic carbocycles. The van der Waals surface area contributed by atoms with Crippen molar-refractivity contribution in [1.82, 2.24) is 4.90 Å². The zero-order valence-electron chi connectivity index (χ0n) is 17.1. The SMILES string of the molecule is CCN(C(=O)OCc1ccccc1)C(C#Cc1ccccc1)/C=C/c1ccccc1. The van der Waals surface area contributed by atoms with Crippen molar-refractivity contribution >= 4 is 12.2 Å². The molecule has 150 valence electrons. The van der Waals surface area contributed by atoms with Crippen LogP contribution in [0.1, 0.15) is 23.6 Å². The number of carbonyl (C=O) groups excluding carboxylic acids is 1. The van der Waals surface area contributed by atoms with Crippen LogP contribution in [0.3, 0.4) is 0 Å². The van der Waals surface area contributed by atoms with E-state index in [1.807, 2.05) is 110 Å². The lowest BCUT2D eigenvalue weighted by Gasteiger charge is -2.24. The van der Waals surface area contributed by atoms with Crippen LogP contribution in [0.15, 0.2) is 97.1 Å². The fourth-order valence-electron chi connectivity index (χ4n) is 2.92. The molecule has 1 unspecified atom stereocenters. The van der Waals surface area contributed by atoms with Crippen LogP contribution in [0.2, 0.25) is 0 Å². The molecule has 0 N–H and O–H groups in total. The minimum atomic E-state index is -0.404. The highest BCUT2D eigenvalue weighted by atomic mass is 16.6. The number of ether oxygens (including phenoxy) is 1. The lowest BCUT2D eigenvalue weighted by molar-refractivity contribution is 0.0958. The van der Waals surface area contributed by atoms with Gasteiger partial charge in [0.1, 0.15) is 12.6 Å². The smallest absolute Gasteiger partial charge is 0.411 e. The molecule has 0 aromatic heterocycles. The van der Waals surface area contributed by atoms with E-state index in [0.29, 0.717) is 6.54 Å². The highest BCUT2D eigenvalue weighted by molar-refractivity contribution is 5.69. The van der Waals surface area contributed by atoms with Gasteiger partial charge in [-0.3, -0.25) is 4.90 Å². The average Bonchev–Trinajstić information content (AvgIpc) is 2.81. The first-order valence-electron chi connectivity index (χ1n) is 10.0. The Balaban J connectivity index is 1.79. The van der Waals surface area contributed by atoms with Crippen LogP contribution in [0.4, 0.5) is 4.79 Å². The molecule has 0 saturated heterocycles. The summed E-state index contributed by atoms with van der Waals surface area (Å²) < 4.78 is 5.55. The van der Waals surface area contributed by atoms with E-state index >= 15 is 0 Å². The molecular weight excluding hydrogens is 370 g/mol. The van der Waals surface area contributed by atoms with Gasteiger partial charge in [0.25, 0.3) is 0 Å². The van der Waals surface area contributed by atoms with Crippen molar-refractivity contribution in [1.29, 1.82) is 0 Å². The highest BCUT2D eigenvalue weighted by Crippen LogP contribution is 2.10. The van der Waals surface area contributed by atoms with Crippen molar-refractivity contribution < 1.29 is 9.53 Å². The Morgan fingerprint density at radius 2 is 1.53 bits per heavy atom. The Morgan fingerprint density at radius 1 is 0.933 bits per heavy atom. The second-order valence-electron chi connectivity index (χ2n) is 6.68. The monoisotopic (exact) mass is 395 g/mol. The molecule has 3 rings (SSSR count). The lowest BCUT2D eigenvalue weighted by Crippen LogP contribution is -2.38. The molecule has 3 aromatic rings. The van der Waals surface area contributed by atoms with Crippen LogP contribution >= 0.6 is 0 Å². The van der Waals surface area contributed by atoms with Gasteiger partial charge in [-0.15, -0.1) is 0 Å². The van der Waals surface area contributed by atoms with Gasteiger partial charge in [0.05, 0.1) is 0 Å². The topological polar surface area (TPSA) is 29.5 Å². The summed E-state index contributed by atoms with van der Waals surface area (Å²) in [5.74, 6) is 6.40. The van der Waals surface area contributed by atoms with Crippen molar-refractivity contribution in [3.8, 4) is 11.8 Å². The summed E-state index contributed by atoms with van der Waals surface area (Å²) in [5, 5.41) is 0. The molecule has 3 nitrogen and oxygen atoms in total. The molecule has 0 aliphatic heterocycles. The van der Waals surface area contributed by atoms with Crippen LogP contribution in [0.5, 0.6) is 0 Å². The summed E-state index contributed by atoms with van der Waals surface area (Å²) in [6.07, 6.45) is 3.54. The third kappa shape index (κ3) is 6.39. The van der Waals surface area contributed by atoms with Gasteiger partial charge in [-0.05, 0) is 36.3 Å². The maximum Gasteiger partial charge on any atom is 0.411 e. The van der Waals surface area contributed by atoms with E-state index in [9.17, 15) is 4.79 Å². The first-order chi connectivity index (χ1) is 14.8. The summed E-state index contributed by atoms with van der Waals surface area (Å²) in [6.45, 7) is 2.65. The van der Waals surface area contributed by atoms with E-state index < -0.39 is 6.04 Å². The van der Waals surface area contributed by atoms with E-state index in [1.165, 1.54) is 0 Å². The van der Waals surface area contributed by atoms with Gasteiger partial charge in [-0.1, -0.05) is 96.8 Å². The second kappa shape index (κ2) is 11.3. The molecule has 1 amide bonds. The highest BCUT2D eigenvalue weighted by Gasteiger charge is 2.20. The van der Waals surface area contributed by atoms with E-state index in [0.717, 1.165) is 16.7 Å². The predicted octanol–water partition coefficient (Wildman–Crippen LogP) is 5.78. The van der Waals surface area contributed by atoms with Crippen molar-refractivity contribution in [2.45, 2.75) is 19.6 Å². The first-order valence-corrected chi connectivity index (χ1v) is 10.0. The van der Waals surface area contributed by atoms with E-state index in [1.54, 1.807) is 4.90 Å². The van der Waals surface area contributed by atoms with Crippen molar-refractivity contribution in [3.63, 3.8) is 0 Å². The Hall–Kier alpha value is -3.77. The number of rotatable bonds is 6. The number of benzene rings is 3. The minimum Gasteiger partial charge on any atom is -0.445 e. The van der Waals surface area contributed by atoms with Crippen LogP contribution in [-0.2, 0) is 11.3 Å². The number of carbonyl (C=O) groups is 1. The average molecular weight is 396 g/mol. The summed E-state index contributed by atoms with van der Waals surface area (Å²) in [5.41, 5.74) is 2.91. The molecule has 0 fully saturated rings. The molecule has 0 aliphatic rings. The predicted molar refractivity (Wildman–Crippen MR) is 122 cm³/mol. The Morgan fingerprint density at radius 3 is 2.17 bits per heavy atom. The van der Waals surface area contributed by atoms with Gasteiger partial charge < -0.3 is 4.74 Å². The Kier molecular flexibility index (Phi) is 7.88. The van der Waals surface area contributed by atoms with Gasteiger partial charge in [0.15, 0.2) is 0 Å². The zero-order valence-corrected chi connectivity index (χ0v) is 17.1. The molecule has 0 aliphatic carbocycles. The van der Waals surface area contributed by atoms with E-state index in [2.05, 4.69) is 11.8 Å². The number of likely N-dealkylation sites (N-methyl/N-ethyl adjacent to an activating group) is 1. The van der Waals surface area contributed by atoms with Crippen molar-refractivity contribution in [2.75, 3.05) is 6.54 Å². The number of hydrogen-bond acceptors (Lipinski definition) is 2. The summed E-state index contributed by atoms with van der Waals surface area (Å²) in [7, 11) is 0. The third-order valence-corrected chi connectivity index (χ3v) is 4.52. The first kappa shape index (κ1) is 21.0. The zero-order chi connectivity index (χ0) is 21.0. The van der Waals surface area contributed by atoms with Crippen molar-refractivity contribution in [2.24, 2.45) is 0 Å². The Bertz CT molecular complexity index is 1000. The fraction of sp³-hybridized carbons (Fsp3) is 0.148. The Labute approximate surface area is 178 Å². The quantitative estimate of drug-likeness (QED) is 0.495. The molecule has 0 spiro atoms. The normalized spacial score (nSPS) is 11.4. The van der Waals surface area contributed by atoms with Crippen molar-refractivity contribution in [3.05, 3.63) is 114 Å². The standard InChI is InChI=1S/C27H25NO2/c1-2-28(27(29)30-22-25-16-10-5-11-17-25)26(20-18-23-12-6-3-7-13-23)21-19-24-14-8-4-9-15-24/h3-18,20,26H,2,22H2,1H3/b20-18+. The van der Waals surface area contributed by atoms with Gasteiger partial charge in [-0.2, -0.15) is 0 Å². The molecule has 0 radical (unpaired) electrons. The molecule has 1 atom stereocenters. The summed E-state index contributed by atoms with van der Waals surface area (Å²) in [6, 6.07) is 29.0. The maximum absolute atomic E-state index is 12.8. The second-order valence-corrected chi connectivity index (χ2v) is 6.68. The van der Waals surface area contributed by atoms with Gasteiger partial charge >= 0.3 is 6.09 Å². The van der Waals surface area contributed by atoms with Crippen LogP contribution in [0, 0.1) is 11.8 Å². The van der Waals surface area contributed by atoms with Crippen LogP contribution < -0.4 is 0 Å². The molecular formula is C27H25NO2. The fourth-order valence-corrected chi connectivity index (χ4v) is 2.92. The lowest BCUT2D eigenvalue weighted by atomic mass is 10.1. The van der Waals surface area contributed by atoms with Crippen LogP contribution in [0.25, 0.3) is 6.08 Å². The minimum absolute atomic E-state index is 0.234. The molecule has 0 saturated carbocycles. The van der Waals surface area contributed by atoms with Gasteiger partial charge in [-0.25, -0.2) is 4.79 Å². The number of nitrogens with zero attached hydrogens (tertiary/aromatic N) is 1. The summed E-state index contributed by atoms with van der Waals surface area (Å²) in [4.78, 5) is 14.5. The number of hydrogen-bond donors (Lipinski definition) is 0. The van der Waals surface area contributed by atoms with Crippen LogP contribution in [-0.4, -0.2) is 23.6 Å². The molecule has 30 heavy (non-hydrogen) atoms. The largest absolute Gasteiger partial charge is 0.445 e. The van der Waals surface area contributed by atoms with E-state index in [-0.39, 0.29) is 12.7 Å².